The standard InChI is InChI=1S/C19H16N6O/c1-23-16-8-7-12(9-17(16)24(2)19(23)26)25-15-6-4-3-5-13(15)22-18(25)14-10-20-11-21-14/h3-11H,1-2H3,(H,20,21). The van der Waals surface area contributed by atoms with Gasteiger partial charge in [0.2, 0.25) is 0 Å². The Kier molecular flexibility index (Phi) is 2.94. The lowest BCUT2D eigenvalue weighted by Crippen LogP contribution is -2.19. The molecule has 0 radical (unpaired) electrons. The van der Waals surface area contributed by atoms with Gasteiger partial charge >= 0.3 is 5.69 Å². The Balaban J connectivity index is 1.87. The maximum Gasteiger partial charge on any atom is 0.328 e. The summed E-state index contributed by atoms with van der Waals surface area (Å²) in [5, 5.41) is 0. The van der Waals surface area contributed by atoms with E-state index in [0.29, 0.717) is 0 Å². The average molecular weight is 344 g/mol. The van der Waals surface area contributed by atoms with Crippen LogP contribution in [-0.2, 0) is 14.1 Å². The molecule has 0 aliphatic rings. The van der Waals surface area contributed by atoms with Crippen molar-refractivity contribution >= 4 is 22.1 Å². The Morgan fingerprint density at radius 1 is 0.962 bits per heavy atom. The second-order valence-corrected chi connectivity index (χ2v) is 6.30. The minimum absolute atomic E-state index is 0.0403. The van der Waals surface area contributed by atoms with Gasteiger partial charge < -0.3 is 4.98 Å². The minimum atomic E-state index is -0.0403. The first-order chi connectivity index (χ1) is 12.6. The van der Waals surface area contributed by atoms with E-state index in [9.17, 15) is 4.79 Å². The van der Waals surface area contributed by atoms with Gasteiger partial charge in [-0.25, -0.2) is 14.8 Å². The Morgan fingerprint density at radius 2 is 1.77 bits per heavy atom. The molecule has 0 amide bonds. The summed E-state index contributed by atoms with van der Waals surface area (Å²) in [5.41, 5.74) is 5.41. The van der Waals surface area contributed by atoms with Crippen molar-refractivity contribution in [3.8, 4) is 17.2 Å². The lowest BCUT2D eigenvalue weighted by atomic mass is 10.2. The number of aryl methyl sites for hydroxylation is 2. The summed E-state index contributed by atoms with van der Waals surface area (Å²) in [7, 11) is 3.57. The number of hydrogen-bond donors (Lipinski definition) is 1. The van der Waals surface area contributed by atoms with E-state index in [-0.39, 0.29) is 5.69 Å². The predicted molar refractivity (Wildman–Crippen MR) is 100 cm³/mol. The van der Waals surface area contributed by atoms with E-state index in [1.54, 1.807) is 35.8 Å². The van der Waals surface area contributed by atoms with E-state index in [4.69, 9.17) is 4.98 Å². The van der Waals surface area contributed by atoms with Crippen molar-refractivity contribution in [3.63, 3.8) is 0 Å². The quantitative estimate of drug-likeness (QED) is 0.535. The monoisotopic (exact) mass is 344 g/mol. The van der Waals surface area contributed by atoms with Crippen molar-refractivity contribution < 1.29 is 0 Å². The van der Waals surface area contributed by atoms with Crippen LogP contribution < -0.4 is 5.69 Å². The summed E-state index contributed by atoms with van der Waals surface area (Å²) >= 11 is 0. The summed E-state index contributed by atoms with van der Waals surface area (Å²) in [5.74, 6) is 0.781. The van der Waals surface area contributed by atoms with Crippen molar-refractivity contribution in [3.05, 3.63) is 65.5 Å². The predicted octanol–water partition coefficient (Wildman–Crippen LogP) is 2.61. The molecule has 128 valence electrons. The Hall–Kier alpha value is -3.61. The van der Waals surface area contributed by atoms with Crippen LogP contribution in [0.15, 0.2) is 59.8 Å². The second-order valence-electron chi connectivity index (χ2n) is 6.30. The van der Waals surface area contributed by atoms with Crippen LogP contribution in [0.5, 0.6) is 0 Å². The molecule has 0 saturated carbocycles. The number of nitrogens with one attached hydrogen (secondary N) is 1. The SMILES string of the molecule is Cn1c(=O)n(C)c2cc(-n3c(-c4cnc[nH]4)nc4ccccc43)ccc21. The lowest BCUT2D eigenvalue weighted by Gasteiger charge is -2.09. The molecule has 7 nitrogen and oxygen atoms in total. The number of rotatable bonds is 2. The van der Waals surface area contributed by atoms with E-state index in [1.165, 1.54) is 0 Å². The third kappa shape index (κ3) is 1.91. The third-order valence-electron chi connectivity index (χ3n) is 4.81. The first kappa shape index (κ1) is 14.7. The van der Waals surface area contributed by atoms with E-state index in [0.717, 1.165) is 39.3 Å². The molecule has 0 atom stereocenters. The molecule has 1 N–H and O–H groups in total. The molecular formula is C19H16N6O. The second kappa shape index (κ2) is 5.19. The van der Waals surface area contributed by atoms with Gasteiger partial charge in [0.25, 0.3) is 0 Å². The molecule has 0 unspecified atom stereocenters. The fourth-order valence-electron chi connectivity index (χ4n) is 3.48. The third-order valence-corrected chi connectivity index (χ3v) is 4.81. The van der Waals surface area contributed by atoms with Crippen LogP contribution in [0, 0.1) is 0 Å². The highest BCUT2D eigenvalue weighted by atomic mass is 16.1. The zero-order chi connectivity index (χ0) is 17.8. The topological polar surface area (TPSA) is 73.4 Å². The molecule has 0 aliphatic heterocycles. The molecule has 5 rings (SSSR count). The molecule has 0 saturated heterocycles. The molecule has 3 aromatic heterocycles. The first-order valence-electron chi connectivity index (χ1n) is 8.27. The van der Waals surface area contributed by atoms with Gasteiger partial charge in [-0.3, -0.25) is 13.7 Å². The van der Waals surface area contributed by atoms with Crippen molar-refractivity contribution in [1.29, 1.82) is 0 Å². The number of para-hydroxylation sites is 2. The van der Waals surface area contributed by atoms with Gasteiger partial charge in [-0.2, -0.15) is 0 Å². The van der Waals surface area contributed by atoms with Crippen LogP contribution in [0.4, 0.5) is 0 Å². The number of H-pyrrole nitrogens is 1. The smallest absolute Gasteiger partial charge is 0.328 e. The van der Waals surface area contributed by atoms with E-state index >= 15 is 0 Å². The highest BCUT2D eigenvalue weighted by Crippen LogP contribution is 2.28. The molecule has 0 fully saturated rings. The summed E-state index contributed by atoms with van der Waals surface area (Å²) in [6.45, 7) is 0. The molecule has 5 aromatic rings. The number of benzene rings is 2. The molecular weight excluding hydrogens is 328 g/mol. The van der Waals surface area contributed by atoms with E-state index in [1.807, 2.05) is 42.5 Å². The zero-order valence-electron chi connectivity index (χ0n) is 14.3. The van der Waals surface area contributed by atoms with Crippen LogP contribution >= 0.6 is 0 Å². The summed E-state index contributed by atoms with van der Waals surface area (Å²) < 4.78 is 5.40. The fraction of sp³-hybridized carbons (Fsp3) is 0.105. The van der Waals surface area contributed by atoms with Gasteiger partial charge in [-0.15, -0.1) is 0 Å². The van der Waals surface area contributed by atoms with Crippen molar-refractivity contribution in [2.45, 2.75) is 0 Å². The van der Waals surface area contributed by atoms with Crippen LogP contribution in [0.25, 0.3) is 39.3 Å². The number of aromatic nitrogens is 6. The van der Waals surface area contributed by atoms with Gasteiger partial charge in [0.1, 0.15) is 5.69 Å². The average Bonchev–Trinajstić information content (AvgIpc) is 3.36. The normalized spacial score (nSPS) is 11.6. The maximum absolute atomic E-state index is 12.2. The fourth-order valence-corrected chi connectivity index (χ4v) is 3.48. The molecule has 0 aliphatic carbocycles. The minimum Gasteiger partial charge on any atom is -0.342 e. The number of nitrogens with zero attached hydrogens (tertiary/aromatic N) is 5. The summed E-state index contributed by atoms with van der Waals surface area (Å²) in [6.07, 6.45) is 3.40. The van der Waals surface area contributed by atoms with E-state index in [2.05, 4.69) is 14.5 Å². The molecule has 3 heterocycles. The molecule has 26 heavy (non-hydrogen) atoms. The summed E-state index contributed by atoms with van der Waals surface area (Å²) in [6, 6.07) is 14.0. The van der Waals surface area contributed by atoms with Crippen LogP contribution in [-0.4, -0.2) is 28.7 Å². The number of fused-ring (bicyclic) bond motifs is 2. The van der Waals surface area contributed by atoms with Crippen LogP contribution in [0.3, 0.4) is 0 Å². The molecule has 2 aromatic carbocycles. The van der Waals surface area contributed by atoms with Crippen LogP contribution in [0.1, 0.15) is 0 Å². The molecule has 0 spiro atoms. The Labute approximate surface area is 148 Å². The maximum atomic E-state index is 12.2. The van der Waals surface area contributed by atoms with Gasteiger partial charge in [-0.05, 0) is 30.3 Å². The van der Waals surface area contributed by atoms with Crippen LogP contribution in [0.2, 0.25) is 0 Å². The Morgan fingerprint density at radius 3 is 2.58 bits per heavy atom. The first-order valence-corrected chi connectivity index (χ1v) is 8.27. The highest BCUT2D eigenvalue weighted by molar-refractivity contribution is 5.85. The lowest BCUT2D eigenvalue weighted by molar-refractivity contribution is 0.795. The van der Waals surface area contributed by atoms with Gasteiger partial charge in [-0.1, -0.05) is 12.1 Å². The van der Waals surface area contributed by atoms with Gasteiger partial charge in [0.05, 0.1) is 34.6 Å². The number of hydrogen-bond acceptors (Lipinski definition) is 3. The van der Waals surface area contributed by atoms with Gasteiger partial charge in [0, 0.05) is 19.8 Å². The highest BCUT2D eigenvalue weighted by Gasteiger charge is 2.16. The Bertz CT molecular complexity index is 1320. The molecule has 0 bridgehead atoms. The number of aromatic amines is 1. The zero-order valence-corrected chi connectivity index (χ0v) is 14.3. The van der Waals surface area contributed by atoms with Gasteiger partial charge in [0.15, 0.2) is 5.82 Å². The van der Waals surface area contributed by atoms with Crippen molar-refractivity contribution in [2.75, 3.05) is 0 Å². The van der Waals surface area contributed by atoms with E-state index < -0.39 is 0 Å². The molecule has 7 heteroatoms. The summed E-state index contributed by atoms with van der Waals surface area (Å²) in [4.78, 5) is 24.3. The van der Waals surface area contributed by atoms with Crippen molar-refractivity contribution in [2.24, 2.45) is 14.1 Å². The number of imidazole rings is 3. The largest absolute Gasteiger partial charge is 0.342 e. The van der Waals surface area contributed by atoms with Crippen molar-refractivity contribution in [1.82, 2.24) is 28.7 Å².